The number of nitrogens with one attached hydrogen (secondary N) is 1. The van der Waals surface area contributed by atoms with Crippen LogP contribution in [0.4, 0.5) is 20.2 Å². The third-order valence-corrected chi connectivity index (χ3v) is 4.12. The normalized spacial score (nSPS) is 21.5. The summed E-state index contributed by atoms with van der Waals surface area (Å²) in [5, 5.41) is 14.1. The van der Waals surface area contributed by atoms with Crippen LogP contribution < -0.4 is 10.1 Å². The number of hydrogen-bond acceptors (Lipinski definition) is 5. The maximum absolute atomic E-state index is 12.4. The van der Waals surface area contributed by atoms with Gasteiger partial charge in [-0.25, -0.2) is 0 Å². The molecule has 0 unspecified atom stereocenters. The molecule has 2 rings (SSSR count). The van der Waals surface area contributed by atoms with Gasteiger partial charge in [0.2, 0.25) is 5.75 Å². The molecule has 0 heterocycles. The van der Waals surface area contributed by atoms with Crippen LogP contribution in [0.25, 0.3) is 0 Å². The standard InChI is InChI=1S/C15H21F2N3O3/c1-19(2)12-5-3-4-10(8-12)18-11-6-7-13(20(21)22)14(9-11)23-15(16)17/h6-7,9-10,12,15,18H,3-5,8H2,1-2H3/t10-,12+/m1/s1. The van der Waals surface area contributed by atoms with Crippen LogP contribution in [0.15, 0.2) is 18.2 Å². The van der Waals surface area contributed by atoms with E-state index in [4.69, 9.17) is 0 Å². The van der Waals surface area contributed by atoms with E-state index in [1.54, 1.807) is 0 Å². The average molecular weight is 329 g/mol. The van der Waals surface area contributed by atoms with Crippen molar-refractivity contribution >= 4 is 11.4 Å². The molecule has 1 aliphatic rings. The number of rotatable bonds is 6. The maximum atomic E-state index is 12.4. The molecule has 6 nitrogen and oxygen atoms in total. The molecular formula is C15H21F2N3O3. The van der Waals surface area contributed by atoms with Crippen LogP contribution in [0.2, 0.25) is 0 Å². The fourth-order valence-electron chi connectivity index (χ4n) is 2.94. The summed E-state index contributed by atoms with van der Waals surface area (Å²) in [6.45, 7) is -3.10. The largest absolute Gasteiger partial charge is 0.427 e. The Labute approximate surface area is 133 Å². The topological polar surface area (TPSA) is 67.6 Å². The second-order valence-corrected chi connectivity index (χ2v) is 5.94. The van der Waals surface area contributed by atoms with E-state index in [9.17, 15) is 18.9 Å². The predicted molar refractivity (Wildman–Crippen MR) is 83.1 cm³/mol. The van der Waals surface area contributed by atoms with Gasteiger partial charge in [0.15, 0.2) is 0 Å². The van der Waals surface area contributed by atoms with Crippen LogP contribution in [0.3, 0.4) is 0 Å². The van der Waals surface area contributed by atoms with Crippen molar-refractivity contribution in [1.82, 2.24) is 4.90 Å². The maximum Gasteiger partial charge on any atom is 0.387 e. The second kappa shape index (κ2) is 7.54. The van der Waals surface area contributed by atoms with Crippen LogP contribution in [0, 0.1) is 10.1 Å². The molecule has 0 aliphatic heterocycles. The van der Waals surface area contributed by atoms with E-state index in [1.807, 2.05) is 14.1 Å². The van der Waals surface area contributed by atoms with Gasteiger partial charge in [-0.3, -0.25) is 10.1 Å². The van der Waals surface area contributed by atoms with Crippen molar-refractivity contribution in [3.05, 3.63) is 28.3 Å². The molecule has 23 heavy (non-hydrogen) atoms. The summed E-state index contributed by atoms with van der Waals surface area (Å²) in [6, 6.07) is 4.65. The highest BCUT2D eigenvalue weighted by Gasteiger charge is 2.24. The van der Waals surface area contributed by atoms with Gasteiger partial charge in [-0.15, -0.1) is 0 Å². The lowest BCUT2D eigenvalue weighted by Gasteiger charge is -2.34. The van der Waals surface area contributed by atoms with Crippen LogP contribution in [0.1, 0.15) is 25.7 Å². The average Bonchev–Trinajstić information content (AvgIpc) is 2.46. The van der Waals surface area contributed by atoms with Crippen molar-refractivity contribution in [2.24, 2.45) is 0 Å². The Morgan fingerprint density at radius 3 is 2.74 bits per heavy atom. The molecule has 1 aliphatic carbocycles. The first-order valence-electron chi connectivity index (χ1n) is 7.53. The molecule has 0 aromatic heterocycles. The monoisotopic (exact) mass is 329 g/mol. The van der Waals surface area contributed by atoms with Gasteiger partial charge in [0.1, 0.15) is 0 Å². The molecule has 0 saturated heterocycles. The first-order valence-corrected chi connectivity index (χ1v) is 7.53. The minimum atomic E-state index is -3.10. The Hall–Kier alpha value is -1.96. The van der Waals surface area contributed by atoms with E-state index in [2.05, 4.69) is 15.0 Å². The number of halogens is 2. The minimum absolute atomic E-state index is 0.206. The van der Waals surface area contributed by atoms with E-state index in [1.165, 1.54) is 18.2 Å². The Balaban J connectivity index is 2.12. The lowest BCUT2D eigenvalue weighted by atomic mass is 9.90. The minimum Gasteiger partial charge on any atom is -0.427 e. The van der Waals surface area contributed by atoms with Crippen molar-refractivity contribution < 1.29 is 18.4 Å². The highest BCUT2D eigenvalue weighted by molar-refractivity contribution is 5.58. The van der Waals surface area contributed by atoms with Gasteiger partial charge < -0.3 is 15.0 Å². The Morgan fingerprint density at radius 2 is 2.13 bits per heavy atom. The van der Waals surface area contributed by atoms with Gasteiger partial charge in [0.05, 0.1) is 4.92 Å². The third kappa shape index (κ3) is 4.75. The number of hydrogen-bond donors (Lipinski definition) is 1. The lowest BCUT2D eigenvalue weighted by molar-refractivity contribution is -0.386. The number of alkyl halides is 2. The zero-order chi connectivity index (χ0) is 17.0. The molecule has 0 radical (unpaired) electrons. The fourth-order valence-corrected chi connectivity index (χ4v) is 2.94. The number of benzene rings is 1. The zero-order valence-corrected chi connectivity index (χ0v) is 13.2. The van der Waals surface area contributed by atoms with Crippen molar-refractivity contribution in [3.63, 3.8) is 0 Å². The summed E-state index contributed by atoms with van der Waals surface area (Å²) in [5.41, 5.74) is 0.0846. The third-order valence-electron chi connectivity index (χ3n) is 4.12. The Bertz CT molecular complexity index is 555. The van der Waals surface area contributed by atoms with Gasteiger partial charge in [0, 0.05) is 29.9 Å². The smallest absolute Gasteiger partial charge is 0.387 e. The van der Waals surface area contributed by atoms with Gasteiger partial charge in [-0.05, 0) is 45.8 Å². The van der Waals surface area contributed by atoms with Crippen LogP contribution in [-0.2, 0) is 0 Å². The molecular weight excluding hydrogens is 308 g/mol. The molecule has 8 heteroatoms. The molecule has 1 aromatic rings. The van der Waals surface area contributed by atoms with Crippen LogP contribution in [0.5, 0.6) is 5.75 Å². The van der Waals surface area contributed by atoms with Crippen molar-refractivity contribution in [2.45, 2.75) is 44.4 Å². The summed E-state index contributed by atoms with van der Waals surface area (Å²) in [6.07, 6.45) is 4.13. The predicted octanol–water partition coefficient (Wildman–Crippen LogP) is 3.48. The molecule has 0 amide bonds. The summed E-state index contributed by atoms with van der Waals surface area (Å²) >= 11 is 0. The highest BCUT2D eigenvalue weighted by Crippen LogP contribution is 2.33. The Kier molecular flexibility index (Phi) is 5.70. The van der Waals surface area contributed by atoms with E-state index in [-0.39, 0.29) is 6.04 Å². The van der Waals surface area contributed by atoms with Crippen molar-refractivity contribution in [2.75, 3.05) is 19.4 Å². The first kappa shape index (κ1) is 17.4. The molecule has 0 spiro atoms. The Morgan fingerprint density at radius 1 is 1.39 bits per heavy atom. The van der Waals surface area contributed by atoms with E-state index >= 15 is 0 Å². The fraction of sp³-hybridized carbons (Fsp3) is 0.600. The summed E-state index contributed by atoms with van der Waals surface area (Å²) < 4.78 is 29.1. The van der Waals surface area contributed by atoms with Crippen LogP contribution >= 0.6 is 0 Å². The quantitative estimate of drug-likeness (QED) is 0.639. The molecule has 1 saturated carbocycles. The summed E-state index contributed by atoms with van der Waals surface area (Å²) in [5.74, 6) is -0.421. The summed E-state index contributed by atoms with van der Waals surface area (Å²) in [7, 11) is 4.07. The number of anilines is 1. The number of nitro groups is 1. The van der Waals surface area contributed by atoms with Crippen LogP contribution in [-0.4, -0.2) is 42.6 Å². The first-order chi connectivity index (χ1) is 10.9. The SMILES string of the molecule is CN(C)[C@H]1CCC[C@@H](Nc2ccc([N+](=O)[O-])c(OC(F)F)c2)C1. The molecule has 1 fully saturated rings. The lowest BCUT2D eigenvalue weighted by Crippen LogP contribution is -2.38. The van der Waals surface area contributed by atoms with Gasteiger partial charge in [-0.1, -0.05) is 0 Å². The zero-order valence-electron chi connectivity index (χ0n) is 13.2. The second-order valence-electron chi connectivity index (χ2n) is 5.94. The van der Waals surface area contributed by atoms with E-state index in [0.29, 0.717) is 11.7 Å². The van der Waals surface area contributed by atoms with Crippen molar-refractivity contribution in [1.29, 1.82) is 0 Å². The van der Waals surface area contributed by atoms with Gasteiger partial charge >= 0.3 is 12.3 Å². The molecule has 128 valence electrons. The van der Waals surface area contributed by atoms with Gasteiger partial charge in [-0.2, -0.15) is 8.78 Å². The van der Waals surface area contributed by atoms with Crippen molar-refractivity contribution in [3.8, 4) is 5.75 Å². The molecule has 1 N–H and O–H groups in total. The number of nitro benzene ring substituents is 1. The molecule has 1 aromatic carbocycles. The molecule has 0 bridgehead atoms. The highest BCUT2D eigenvalue weighted by atomic mass is 19.3. The van der Waals surface area contributed by atoms with E-state index in [0.717, 1.165) is 25.7 Å². The van der Waals surface area contributed by atoms with E-state index < -0.39 is 23.0 Å². The number of nitrogens with zero attached hydrogens (tertiary/aromatic N) is 2. The summed E-state index contributed by atoms with van der Waals surface area (Å²) in [4.78, 5) is 12.3. The number of ether oxygens (including phenoxy) is 1. The van der Waals surface area contributed by atoms with Gasteiger partial charge in [0.25, 0.3) is 0 Å². The molecule has 2 atom stereocenters.